The zero-order valence-electron chi connectivity index (χ0n) is 10.6. The number of nitrogens with zero attached hydrogens (tertiary/aromatic N) is 1. The Bertz CT molecular complexity index is 761. The number of benzene rings is 2. The summed E-state index contributed by atoms with van der Waals surface area (Å²) < 4.78 is 15.1. The van der Waals surface area contributed by atoms with Gasteiger partial charge in [0, 0.05) is 3.57 Å². The summed E-state index contributed by atoms with van der Waals surface area (Å²) in [5, 5.41) is 0.0925. The molecule has 1 aliphatic heterocycles. The van der Waals surface area contributed by atoms with Gasteiger partial charge < -0.3 is 0 Å². The van der Waals surface area contributed by atoms with E-state index in [1.807, 2.05) is 24.3 Å². The maximum Gasteiger partial charge on any atom is 0.299 e. The average molecular weight is 416 g/mol. The van der Waals surface area contributed by atoms with Crippen LogP contribution in [0.25, 0.3) is 0 Å². The number of halogens is 3. The van der Waals surface area contributed by atoms with Crippen LogP contribution in [0.4, 0.5) is 10.1 Å². The Morgan fingerprint density at radius 2 is 1.76 bits per heavy atom. The van der Waals surface area contributed by atoms with Gasteiger partial charge in [0.15, 0.2) is 0 Å². The lowest BCUT2D eigenvalue weighted by Gasteiger charge is -2.17. The Balaban J connectivity index is 2.05. The molecule has 1 amide bonds. The molecule has 0 aliphatic carbocycles. The highest BCUT2D eigenvalue weighted by molar-refractivity contribution is 14.1. The van der Waals surface area contributed by atoms with E-state index in [0.29, 0.717) is 0 Å². The topological polar surface area (TPSA) is 37.4 Å². The van der Waals surface area contributed by atoms with Crippen LogP contribution in [-0.2, 0) is 11.3 Å². The first-order chi connectivity index (χ1) is 9.99. The SMILES string of the molecule is O=C1C(=O)N(Cc2ccc(I)cc2)c2c(F)ccc(Cl)c21. The maximum absolute atomic E-state index is 14.0. The second-order valence-electron chi connectivity index (χ2n) is 4.60. The molecular formula is C15H8ClFINO2. The highest BCUT2D eigenvalue weighted by atomic mass is 127. The first-order valence-electron chi connectivity index (χ1n) is 6.07. The van der Waals surface area contributed by atoms with Crippen LogP contribution in [0, 0.1) is 9.39 Å². The van der Waals surface area contributed by atoms with E-state index in [0.717, 1.165) is 20.1 Å². The molecule has 0 atom stereocenters. The van der Waals surface area contributed by atoms with Crippen LogP contribution in [-0.4, -0.2) is 11.7 Å². The van der Waals surface area contributed by atoms with Gasteiger partial charge >= 0.3 is 0 Å². The second-order valence-corrected chi connectivity index (χ2v) is 6.25. The third-order valence-corrected chi connectivity index (χ3v) is 4.30. The molecule has 0 bridgehead atoms. The van der Waals surface area contributed by atoms with Crippen LogP contribution in [0.5, 0.6) is 0 Å². The molecule has 3 rings (SSSR count). The van der Waals surface area contributed by atoms with Gasteiger partial charge in [-0.3, -0.25) is 14.5 Å². The molecule has 0 saturated heterocycles. The van der Waals surface area contributed by atoms with E-state index in [1.165, 1.54) is 6.07 Å². The predicted molar refractivity (Wildman–Crippen MR) is 86.1 cm³/mol. The number of amides is 1. The third kappa shape index (κ3) is 2.44. The number of anilines is 1. The first-order valence-corrected chi connectivity index (χ1v) is 7.53. The number of fused-ring (bicyclic) bond motifs is 1. The van der Waals surface area contributed by atoms with Crippen molar-refractivity contribution in [2.24, 2.45) is 0 Å². The van der Waals surface area contributed by atoms with Gasteiger partial charge in [-0.05, 0) is 52.4 Å². The molecule has 0 unspecified atom stereocenters. The number of hydrogen-bond donors (Lipinski definition) is 0. The highest BCUT2D eigenvalue weighted by Crippen LogP contribution is 2.37. The molecule has 1 aliphatic rings. The zero-order valence-corrected chi connectivity index (χ0v) is 13.5. The monoisotopic (exact) mass is 415 g/mol. The number of ketones is 1. The van der Waals surface area contributed by atoms with Gasteiger partial charge in [-0.2, -0.15) is 0 Å². The molecule has 0 spiro atoms. The lowest BCUT2D eigenvalue weighted by Crippen LogP contribution is -2.29. The lowest BCUT2D eigenvalue weighted by atomic mass is 10.1. The van der Waals surface area contributed by atoms with Crippen LogP contribution in [0.1, 0.15) is 15.9 Å². The first kappa shape index (κ1) is 14.5. The largest absolute Gasteiger partial charge is 0.299 e. The molecule has 0 radical (unpaired) electrons. The van der Waals surface area contributed by atoms with Crippen molar-refractivity contribution in [3.05, 3.63) is 61.9 Å². The molecule has 1 heterocycles. The fraction of sp³-hybridized carbons (Fsp3) is 0.0667. The predicted octanol–water partition coefficient (Wildman–Crippen LogP) is 3.81. The Labute approximate surface area is 138 Å². The fourth-order valence-electron chi connectivity index (χ4n) is 2.28. The zero-order chi connectivity index (χ0) is 15.1. The molecule has 0 N–H and O–H groups in total. The van der Waals surface area contributed by atoms with Crippen molar-refractivity contribution in [1.29, 1.82) is 0 Å². The molecule has 2 aromatic rings. The van der Waals surface area contributed by atoms with Crippen LogP contribution in [0.15, 0.2) is 36.4 Å². The van der Waals surface area contributed by atoms with Crippen molar-refractivity contribution >= 4 is 51.6 Å². The summed E-state index contributed by atoms with van der Waals surface area (Å²) in [6, 6.07) is 9.88. The minimum absolute atomic E-state index is 0.0314. The standard InChI is InChI=1S/C15H8ClFINO2/c16-10-5-6-11(17)13-12(10)14(20)15(21)19(13)7-8-1-3-9(18)4-2-8/h1-6H,7H2. The Morgan fingerprint density at radius 3 is 2.43 bits per heavy atom. The van der Waals surface area contributed by atoms with Crippen LogP contribution >= 0.6 is 34.2 Å². The van der Waals surface area contributed by atoms with E-state index in [4.69, 9.17) is 11.6 Å². The van der Waals surface area contributed by atoms with Crippen molar-refractivity contribution in [2.75, 3.05) is 4.90 Å². The van der Waals surface area contributed by atoms with Crippen molar-refractivity contribution in [3.63, 3.8) is 0 Å². The third-order valence-electron chi connectivity index (χ3n) is 3.27. The van der Waals surface area contributed by atoms with E-state index in [1.54, 1.807) is 0 Å². The Hall–Kier alpha value is -1.47. The molecule has 3 nitrogen and oxygen atoms in total. The molecule has 0 fully saturated rings. The van der Waals surface area contributed by atoms with E-state index in [-0.39, 0.29) is 22.8 Å². The van der Waals surface area contributed by atoms with E-state index < -0.39 is 17.5 Å². The van der Waals surface area contributed by atoms with Crippen LogP contribution < -0.4 is 4.90 Å². The van der Waals surface area contributed by atoms with Gasteiger partial charge in [-0.15, -0.1) is 0 Å². The molecule has 0 saturated carbocycles. The number of Topliss-reactive ketones (excluding diaryl/α,β-unsaturated/α-hetero) is 1. The van der Waals surface area contributed by atoms with Gasteiger partial charge in [-0.25, -0.2) is 4.39 Å². The van der Waals surface area contributed by atoms with Gasteiger partial charge in [0.05, 0.1) is 22.8 Å². The number of rotatable bonds is 2. The van der Waals surface area contributed by atoms with Crippen molar-refractivity contribution < 1.29 is 14.0 Å². The van der Waals surface area contributed by atoms with Gasteiger partial charge in [0.1, 0.15) is 5.82 Å². The lowest BCUT2D eigenvalue weighted by molar-refractivity contribution is -0.114. The van der Waals surface area contributed by atoms with E-state index in [2.05, 4.69) is 22.6 Å². The molecule has 106 valence electrons. The fourth-order valence-corrected chi connectivity index (χ4v) is 2.87. The number of carbonyl (C=O) groups is 2. The second kappa shape index (κ2) is 5.38. The summed E-state index contributed by atoms with van der Waals surface area (Å²) in [7, 11) is 0. The minimum atomic E-state index is -0.764. The van der Waals surface area contributed by atoms with Crippen molar-refractivity contribution in [3.8, 4) is 0 Å². The Kier molecular flexibility index (Phi) is 3.71. The maximum atomic E-state index is 14.0. The summed E-state index contributed by atoms with van der Waals surface area (Å²) in [6.07, 6.45) is 0. The van der Waals surface area contributed by atoms with Crippen LogP contribution in [0.3, 0.4) is 0 Å². The smallest absolute Gasteiger partial charge is 0.298 e. The molecule has 0 aromatic heterocycles. The average Bonchev–Trinajstić information content (AvgIpc) is 2.71. The normalized spacial score (nSPS) is 13.8. The summed E-state index contributed by atoms with van der Waals surface area (Å²) in [6.45, 7) is 0.131. The minimum Gasteiger partial charge on any atom is -0.298 e. The number of hydrogen-bond acceptors (Lipinski definition) is 2. The summed E-state index contributed by atoms with van der Waals surface area (Å²) in [5.41, 5.74) is 0.729. The molecule has 2 aromatic carbocycles. The molecule has 6 heteroatoms. The van der Waals surface area contributed by atoms with Gasteiger partial charge in [0.25, 0.3) is 11.7 Å². The van der Waals surface area contributed by atoms with E-state index in [9.17, 15) is 14.0 Å². The summed E-state index contributed by atoms with van der Waals surface area (Å²) in [5.74, 6) is -2.14. The van der Waals surface area contributed by atoms with Gasteiger partial charge in [-0.1, -0.05) is 23.7 Å². The van der Waals surface area contributed by atoms with E-state index >= 15 is 0 Å². The van der Waals surface area contributed by atoms with Crippen molar-refractivity contribution in [1.82, 2.24) is 0 Å². The quantitative estimate of drug-likeness (QED) is 0.552. The highest BCUT2D eigenvalue weighted by Gasteiger charge is 2.39. The van der Waals surface area contributed by atoms with Gasteiger partial charge in [0.2, 0.25) is 0 Å². The Morgan fingerprint density at radius 1 is 1.10 bits per heavy atom. The van der Waals surface area contributed by atoms with Crippen molar-refractivity contribution in [2.45, 2.75) is 6.54 Å². The summed E-state index contributed by atoms with van der Waals surface area (Å²) >= 11 is 8.09. The molecular weight excluding hydrogens is 408 g/mol. The summed E-state index contributed by atoms with van der Waals surface area (Å²) in [4.78, 5) is 25.2. The molecule has 21 heavy (non-hydrogen) atoms. The van der Waals surface area contributed by atoms with Crippen LogP contribution in [0.2, 0.25) is 5.02 Å². The number of carbonyl (C=O) groups excluding carboxylic acids is 2.